The third kappa shape index (κ3) is 5.18. The zero-order valence-electron chi connectivity index (χ0n) is 14.5. The molecule has 0 bridgehead atoms. The van der Waals surface area contributed by atoms with Gasteiger partial charge in [-0.15, -0.1) is 11.3 Å². The fraction of sp³-hybridized carbons (Fsp3) is 0.0500. The van der Waals surface area contributed by atoms with Crippen molar-refractivity contribution in [3.05, 3.63) is 76.5 Å². The minimum Gasteiger partial charge on any atom is -0.482 e. The minimum atomic E-state index is -1.07. The Balaban J connectivity index is 1.62. The SMILES string of the molecule is O=C(O)COc1ccc(NC(=O)c2cccc(NC(=O)c3cccs3)c2)cc1. The van der Waals surface area contributed by atoms with E-state index >= 15 is 0 Å². The zero-order chi connectivity index (χ0) is 19.9. The molecule has 0 spiro atoms. The van der Waals surface area contributed by atoms with Crippen molar-refractivity contribution >= 4 is 40.5 Å². The summed E-state index contributed by atoms with van der Waals surface area (Å²) in [4.78, 5) is 35.7. The van der Waals surface area contributed by atoms with E-state index in [9.17, 15) is 14.4 Å². The van der Waals surface area contributed by atoms with E-state index in [-0.39, 0.29) is 11.8 Å². The quantitative estimate of drug-likeness (QED) is 0.565. The van der Waals surface area contributed by atoms with E-state index in [1.807, 2.05) is 5.38 Å². The number of benzene rings is 2. The van der Waals surface area contributed by atoms with Gasteiger partial charge in [-0.2, -0.15) is 0 Å². The molecule has 1 heterocycles. The molecule has 0 aliphatic heterocycles. The van der Waals surface area contributed by atoms with Crippen molar-refractivity contribution in [3.8, 4) is 5.75 Å². The number of rotatable bonds is 7. The van der Waals surface area contributed by atoms with Gasteiger partial charge in [0, 0.05) is 16.9 Å². The van der Waals surface area contributed by atoms with E-state index in [0.29, 0.717) is 27.6 Å². The van der Waals surface area contributed by atoms with Crippen molar-refractivity contribution in [2.45, 2.75) is 0 Å². The number of carbonyl (C=O) groups is 3. The monoisotopic (exact) mass is 396 g/mol. The Morgan fingerprint density at radius 3 is 2.32 bits per heavy atom. The molecular formula is C20H16N2O5S. The van der Waals surface area contributed by atoms with Crippen LogP contribution in [0, 0.1) is 0 Å². The van der Waals surface area contributed by atoms with Gasteiger partial charge in [0.25, 0.3) is 11.8 Å². The number of ether oxygens (including phenoxy) is 1. The van der Waals surface area contributed by atoms with Crippen LogP contribution in [0.25, 0.3) is 0 Å². The summed E-state index contributed by atoms with van der Waals surface area (Å²) in [6.45, 7) is -0.435. The normalized spacial score (nSPS) is 10.1. The Bertz CT molecular complexity index is 984. The number of nitrogens with one attached hydrogen (secondary N) is 2. The summed E-state index contributed by atoms with van der Waals surface area (Å²) in [6.07, 6.45) is 0. The van der Waals surface area contributed by atoms with Crippen LogP contribution in [-0.4, -0.2) is 29.5 Å². The Kier molecular flexibility index (Phi) is 6.03. The lowest BCUT2D eigenvalue weighted by Gasteiger charge is -2.09. The largest absolute Gasteiger partial charge is 0.482 e. The molecule has 0 unspecified atom stereocenters. The van der Waals surface area contributed by atoms with E-state index in [0.717, 1.165) is 0 Å². The van der Waals surface area contributed by atoms with Crippen molar-refractivity contribution in [2.24, 2.45) is 0 Å². The number of carboxylic acid groups (broad SMARTS) is 1. The van der Waals surface area contributed by atoms with Gasteiger partial charge in [-0.3, -0.25) is 9.59 Å². The summed E-state index contributed by atoms with van der Waals surface area (Å²) in [5, 5.41) is 15.9. The highest BCUT2D eigenvalue weighted by Gasteiger charge is 2.10. The molecular weight excluding hydrogens is 380 g/mol. The van der Waals surface area contributed by atoms with E-state index in [1.54, 1.807) is 60.7 Å². The lowest BCUT2D eigenvalue weighted by molar-refractivity contribution is -0.139. The number of aliphatic carboxylic acids is 1. The van der Waals surface area contributed by atoms with Gasteiger partial charge in [0.05, 0.1) is 4.88 Å². The van der Waals surface area contributed by atoms with Crippen LogP contribution in [0.3, 0.4) is 0 Å². The molecule has 0 radical (unpaired) electrons. The molecule has 0 atom stereocenters. The van der Waals surface area contributed by atoms with Gasteiger partial charge in [0.2, 0.25) is 0 Å². The van der Waals surface area contributed by atoms with Gasteiger partial charge in [-0.25, -0.2) is 4.79 Å². The highest BCUT2D eigenvalue weighted by molar-refractivity contribution is 7.12. The number of amides is 2. The molecule has 2 aromatic carbocycles. The maximum atomic E-state index is 12.4. The van der Waals surface area contributed by atoms with Crippen LogP contribution in [0.1, 0.15) is 20.0 Å². The fourth-order valence-corrected chi connectivity index (χ4v) is 2.94. The molecule has 0 fully saturated rings. The first-order valence-electron chi connectivity index (χ1n) is 8.22. The second-order valence-corrected chi connectivity index (χ2v) is 6.62. The lowest BCUT2D eigenvalue weighted by atomic mass is 10.1. The molecule has 0 saturated heterocycles. The van der Waals surface area contributed by atoms with Crippen LogP contribution in [-0.2, 0) is 4.79 Å². The van der Waals surface area contributed by atoms with E-state index in [2.05, 4.69) is 10.6 Å². The van der Waals surface area contributed by atoms with Crippen molar-refractivity contribution in [1.29, 1.82) is 0 Å². The third-order valence-corrected chi connectivity index (χ3v) is 4.47. The van der Waals surface area contributed by atoms with Gasteiger partial charge < -0.3 is 20.5 Å². The second-order valence-electron chi connectivity index (χ2n) is 5.67. The number of anilines is 2. The summed E-state index contributed by atoms with van der Waals surface area (Å²) in [6, 6.07) is 16.5. The number of hydrogen-bond acceptors (Lipinski definition) is 5. The second kappa shape index (κ2) is 8.83. The molecule has 0 saturated carbocycles. The van der Waals surface area contributed by atoms with Crippen molar-refractivity contribution < 1.29 is 24.2 Å². The first-order valence-corrected chi connectivity index (χ1v) is 9.10. The summed E-state index contributed by atoms with van der Waals surface area (Å²) < 4.78 is 5.04. The number of hydrogen-bond donors (Lipinski definition) is 3. The minimum absolute atomic E-state index is 0.232. The summed E-state index contributed by atoms with van der Waals surface area (Å²) in [5.41, 5.74) is 1.43. The van der Waals surface area contributed by atoms with Crippen LogP contribution in [0.4, 0.5) is 11.4 Å². The van der Waals surface area contributed by atoms with Crippen molar-refractivity contribution in [2.75, 3.05) is 17.2 Å². The fourth-order valence-electron chi connectivity index (χ4n) is 2.32. The van der Waals surface area contributed by atoms with Crippen LogP contribution in [0.2, 0.25) is 0 Å². The highest BCUT2D eigenvalue weighted by atomic mass is 32.1. The first-order chi connectivity index (χ1) is 13.5. The average molecular weight is 396 g/mol. The molecule has 28 heavy (non-hydrogen) atoms. The lowest BCUT2D eigenvalue weighted by Crippen LogP contribution is -2.14. The Labute approximate surface area is 164 Å². The Morgan fingerprint density at radius 1 is 0.893 bits per heavy atom. The predicted molar refractivity (Wildman–Crippen MR) is 106 cm³/mol. The molecule has 8 heteroatoms. The highest BCUT2D eigenvalue weighted by Crippen LogP contribution is 2.18. The van der Waals surface area contributed by atoms with Gasteiger partial charge in [0.1, 0.15) is 5.75 Å². The molecule has 3 aromatic rings. The predicted octanol–water partition coefficient (Wildman–Crippen LogP) is 3.72. The smallest absolute Gasteiger partial charge is 0.341 e. The standard InChI is InChI=1S/C20H16N2O5S/c23-18(24)12-27-16-8-6-14(7-9-16)21-19(25)13-3-1-4-15(11-13)22-20(26)17-5-2-10-28-17/h1-11H,12H2,(H,21,25)(H,22,26)(H,23,24). The molecule has 0 aliphatic carbocycles. The van der Waals surface area contributed by atoms with Crippen molar-refractivity contribution in [1.82, 2.24) is 0 Å². The molecule has 3 N–H and O–H groups in total. The molecule has 3 rings (SSSR count). The van der Waals surface area contributed by atoms with Crippen LogP contribution >= 0.6 is 11.3 Å². The van der Waals surface area contributed by atoms with E-state index in [4.69, 9.17) is 9.84 Å². The van der Waals surface area contributed by atoms with Gasteiger partial charge in [-0.05, 0) is 53.9 Å². The zero-order valence-corrected chi connectivity index (χ0v) is 15.4. The van der Waals surface area contributed by atoms with Gasteiger partial charge in [0.15, 0.2) is 6.61 Å². The molecule has 7 nitrogen and oxygen atoms in total. The Morgan fingerprint density at radius 2 is 1.64 bits per heavy atom. The first kappa shape index (κ1) is 19.1. The summed E-state index contributed by atoms with van der Waals surface area (Å²) in [5.74, 6) is -1.25. The van der Waals surface area contributed by atoms with Gasteiger partial charge >= 0.3 is 5.97 Å². The Hall–Kier alpha value is -3.65. The van der Waals surface area contributed by atoms with Gasteiger partial charge in [-0.1, -0.05) is 12.1 Å². The third-order valence-electron chi connectivity index (χ3n) is 3.60. The van der Waals surface area contributed by atoms with Crippen molar-refractivity contribution in [3.63, 3.8) is 0 Å². The number of carboxylic acids is 1. The van der Waals surface area contributed by atoms with Crippen LogP contribution in [0.15, 0.2) is 66.0 Å². The van der Waals surface area contributed by atoms with E-state index in [1.165, 1.54) is 11.3 Å². The van der Waals surface area contributed by atoms with E-state index < -0.39 is 12.6 Å². The topological polar surface area (TPSA) is 105 Å². The average Bonchev–Trinajstić information content (AvgIpc) is 3.22. The summed E-state index contributed by atoms with van der Waals surface area (Å²) >= 11 is 1.33. The van der Waals surface area contributed by atoms with Crippen LogP contribution in [0.5, 0.6) is 5.75 Å². The number of carbonyl (C=O) groups excluding carboxylic acids is 2. The van der Waals surface area contributed by atoms with Crippen LogP contribution < -0.4 is 15.4 Å². The molecule has 2 amide bonds. The molecule has 142 valence electrons. The molecule has 0 aliphatic rings. The maximum Gasteiger partial charge on any atom is 0.341 e. The summed E-state index contributed by atoms with van der Waals surface area (Å²) in [7, 11) is 0. The number of thiophene rings is 1. The molecule has 1 aromatic heterocycles. The maximum absolute atomic E-state index is 12.4.